The lowest BCUT2D eigenvalue weighted by atomic mass is 10.0. The summed E-state index contributed by atoms with van der Waals surface area (Å²) in [5.74, 6) is -15.7. The number of halogens is 6. The summed E-state index contributed by atoms with van der Waals surface area (Å²) in [7, 11) is 0. The Labute approximate surface area is 149 Å². The molecule has 0 aliphatic carbocycles. The first-order valence-corrected chi connectivity index (χ1v) is 7.93. The molecule has 0 aromatic carbocycles. The molecule has 1 aromatic heterocycles. The Bertz CT molecular complexity index is 720. The summed E-state index contributed by atoms with van der Waals surface area (Å²) in [6.07, 6.45) is 0.410. The molecule has 0 saturated carbocycles. The fourth-order valence-corrected chi connectivity index (χ4v) is 2.67. The number of aromatic nitrogens is 2. The quantitative estimate of drug-likeness (QED) is 0.659. The largest absolute Gasteiger partial charge is 0.475 e. The number of alkyl halides is 6. The average molecular weight is 392 g/mol. The van der Waals surface area contributed by atoms with E-state index in [2.05, 4.69) is 8.75 Å². The summed E-state index contributed by atoms with van der Waals surface area (Å²) in [5.41, 5.74) is 0.540. The van der Waals surface area contributed by atoms with Gasteiger partial charge in [-0.05, 0) is 19.0 Å². The standard InChI is InChI=1S/C14H17F6N3OS/c1-12(15,16)14(19,20)13(17,18)5-7-24-11-10(21-25-22-11)9-4-3-6-23(2)8-9/h4H,3,5-8H2,1-2H3/i2D3. The van der Waals surface area contributed by atoms with Crippen LogP contribution in [0.25, 0.3) is 5.57 Å². The number of hydrogen-bond acceptors (Lipinski definition) is 5. The van der Waals surface area contributed by atoms with Crippen molar-refractivity contribution < 1.29 is 35.2 Å². The number of nitrogens with zero attached hydrogens (tertiary/aromatic N) is 3. The molecule has 0 amide bonds. The van der Waals surface area contributed by atoms with E-state index in [0.29, 0.717) is 23.7 Å². The van der Waals surface area contributed by atoms with Gasteiger partial charge in [-0.15, -0.1) is 4.37 Å². The van der Waals surface area contributed by atoms with Crippen molar-refractivity contribution >= 4 is 17.3 Å². The van der Waals surface area contributed by atoms with E-state index in [9.17, 15) is 26.3 Å². The Hall–Kier alpha value is -1.36. The van der Waals surface area contributed by atoms with Crippen molar-refractivity contribution in [3.8, 4) is 5.88 Å². The molecule has 1 aromatic rings. The topological polar surface area (TPSA) is 38.2 Å². The molecule has 4 nitrogen and oxygen atoms in total. The summed E-state index contributed by atoms with van der Waals surface area (Å²) in [6, 6.07) is 0. The van der Waals surface area contributed by atoms with Crippen LogP contribution in [0, 0.1) is 0 Å². The van der Waals surface area contributed by atoms with Gasteiger partial charge >= 0.3 is 17.8 Å². The predicted molar refractivity (Wildman–Crippen MR) is 80.6 cm³/mol. The zero-order valence-electron chi connectivity index (χ0n) is 16.0. The highest BCUT2D eigenvalue weighted by Crippen LogP contribution is 2.47. The van der Waals surface area contributed by atoms with Crippen LogP contribution in [0.3, 0.4) is 0 Å². The first kappa shape index (κ1) is 15.9. The number of ether oxygens (including phenoxy) is 1. The van der Waals surface area contributed by atoms with Crippen LogP contribution in [0.2, 0.25) is 0 Å². The van der Waals surface area contributed by atoms with Crippen LogP contribution >= 0.6 is 11.7 Å². The maximum absolute atomic E-state index is 13.5. The van der Waals surface area contributed by atoms with Gasteiger partial charge in [-0.1, -0.05) is 6.08 Å². The molecule has 25 heavy (non-hydrogen) atoms. The molecule has 1 aliphatic rings. The van der Waals surface area contributed by atoms with Crippen LogP contribution in [0.5, 0.6) is 5.88 Å². The minimum Gasteiger partial charge on any atom is -0.475 e. The van der Waals surface area contributed by atoms with Crippen molar-refractivity contribution in [3.63, 3.8) is 0 Å². The fourth-order valence-electron chi connectivity index (χ4n) is 2.14. The van der Waals surface area contributed by atoms with Crippen LogP contribution < -0.4 is 4.74 Å². The van der Waals surface area contributed by atoms with Gasteiger partial charge in [-0.2, -0.15) is 30.7 Å². The van der Waals surface area contributed by atoms with Crippen molar-refractivity contribution in [1.82, 2.24) is 13.6 Å². The zero-order chi connectivity index (χ0) is 21.4. The van der Waals surface area contributed by atoms with E-state index >= 15 is 0 Å². The molecule has 0 unspecified atom stereocenters. The second kappa shape index (κ2) is 7.10. The summed E-state index contributed by atoms with van der Waals surface area (Å²) >= 11 is 0.656. The Balaban J connectivity index is 2.05. The van der Waals surface area contributed by atoms with E-state index in [-0.39, 0.29) is 31.6 Å². The third kappa shape index (κ3) is 4.25. The number of hydrogen-bond donors (Lipinski definition) is 0. The maximum atomic E-state index is 13.5. The Morgan fingerprint density at radius 2 is 2.00 bits per heavy atom. The highest BCUT2D eigenvalue weighted by Gasteiger charge is 2.68. The van der Waals surface area contributed by atoms with Gasteiger partial charge in [0, 0.05) is 24.1 Å². The van der Waals surface area contributed by atoms with E-state index < -0.39 is 37.8 Å². The van der Waals surface area contributed by atoms with E-state index in [1.54, 1.807) is 6.08 Å². The minimum atomic E-state index is -5.54. The first-order chi connectivity index (χ1) is 12.7. The van der Waals surface area contributed by atoms with Gasteiger partial charge in [0.1, 0.15) is 5.69 Å². The molecule has 11 heteroatoms. The molecule has 0 bridgehead atoms. The summed E-state index contributed by atoms with van der Waals surface area (Å²) in [6.45, 7) is -3.37. The number of likely N-dealkylation sites (N-methyl/N-ethyl adjacent to an activating group) is 1. The van der Waals surface area contributed by atoms with Gasteiger partial charge in [-0.3, -0.25) is 0 Å². The lowest BCUT2D eigenvalue weighted by Crippen LogP contribution is -2.53. The third-order valence-electron chi connectivity index (χ3n) is 3.58. The van der Waals surface area contributed by atoms with E-state index in [0.717, 1.165) is 0 Å². The van der Waals surface area contributed by atoms with Gasteiger partial charge in [0.15, 0.2) is 0 Å². The molecule has 0 spiro atoms. The Morgan fingerprint density at radius 1 is 1.28 bits per heavy atom. The molecular formula is C14H17F6N3OS. The second-order valence-corrected chi connectivity index (χ2v) is 6.15. The molecule has 2 heterocycles. The number of rotatable bonds is 7. The smallest absolute Gasteiger partial charge is 0.371 e. The van der Waals surface area contributed by atoms with Crippen molar-refractivity contribution in [1.29, 1.82) is 0 Å². The van der Waals surface area contributed by atoms with Gasteiger partial charge in [-0.25, -0.2) is 0 Å². The molecular weight excluding hydrogens is 372 g/mol. The molecule has 142 valence electrons. The van der Waals surface area contributed by atoms with E-state index in [1.807, 2.05) is 0 Å². The van der Waals surface area contributed by atoms with Crippen molar-refractivity contribution in [2.45, 2.75) is 37.5 Å². The normalized spacial score (nSPS) is 19.8. The van der Waals surface area contributed by atoms with Crippen LogP contribution in [0.1, 0.15) is 29.6 Å². The molecule has 2 rings (SSSR count). The van der Waals surface area contributed by atoms with Crippen molar-refractivity contribution in [2.75, 3.05) is 26.7 Å². The highest BCUT2D eigenvalue weighted by atomic mass is 32.1. The maximum Gasteiger partial charge on any atom is 0.371 e. The van der Waals surface area contributed by atoms with Crippen LogP contribution in [0.4, 0.5) is 26.3 Å². The summed E-state index contributed by atoms with van der Waals surface area (Å²) in [5, 5.41) is 0. The fraction of sp³-hybridized carbons (Fsp3) is 0.714. The van der Waals surface area contributed by atoms with Gasteiger partial charge < -0.3 is 9.64 Å². The molecule has 0 fully saturated rings. The first-order valence-electron chi connectivity index (χ1n) is 8.70. The third-order valence-corrected chi connectivity index (χ3v) is 4.09. The molecule has 1 aliphatic heterocycles. The van der Waals surface area contributed by atoms with Gasteiger partial charge in [0.25, 0.3) is 5.88 Å². The summed E-state index contributed by atoms with van der Waals surface area (Å²) < 4.78 is 114. The lowest BCUT2D eigenvalue weighted by molar-refractivity contribution is -0.305. The van der Waals surface area contributed by atoms with E-state index in [4.69, 9.17) is 8.85 Å². The van der Waals surface area contributed by atoms with Gasteiger partial charge in [0.05, 0.1) is 24.8 Å². The Morgan fingerprint density at radius 3 is 2.64 bits per heavy atom. The van der Waals surface area contributed by atoms with E-state index in [1.165, 1.54) is 4.90 Å². The average Bonchev–Trinajstić information content (AvgIpc) is 3.01. The Kier molecular flexibility index (Phi) is 4.51. The molecule has 0 atom stereocenters. The summed E-state index contributed by atoms with van der Waals surface area (Å²) in [4.78, 5) is 1.20. The molecule has 0 radical (unpaired) electrons. The predicted octanol–water partition coefficient (Wildman–Crippen LogP) is 3.95. The molecule has 0 saturated heterocycles. The van der Waals surface area contributed by atoms with Gasteiger partial charge in [0.2, 0.25) is 0 Å². The van der Waals surface area contributed by atoms with Crippen molar-refractivity contribution in [2.24, 2.45) is 0 Å². The minimum absolute atomic E-state index is 0.0193. The SMILES string of the molecule is [2H]C([2H])([2H])N1CCC=C(c2nsnc2OCCC(F)(F)C(F)(F)C(C)(F)F)C1. The lowest BCUT2D eigenvalue weighted by Gasteiger charge is -2.30. The zero-order valence-corrected chi connectivity index (χ0v) is 13.9. The molecule has 0 N–H and O–H groups in total. The van der Waals surface area contributed by atoms with Crippen molar-refractivity contribution in [3.05, 3.63) is 11.8 Å². The van der Waals surface area contributed by atoms with Crippen LogP contribution in [-0.4, -0.2) is 58.1 Å². The van der Waals surface area contributed by atoms with Crippen LogP contribution in [0.15, 0.2) is 6.08 Å². The second-order valence-electron chi connectivity index (χ2n) is 5.62. The monoisotopic (exact) mass is 392 g/mol. The highest BCUT2D eigenvalue weighted by molar-refractivity contribution is 6.99. The van der Waals surface area contributed by atoms with Crippen LogP contribution in [-0.2, 0) is 0 Å².